The number of rotatable bonds is 4. The summed E-state index contributed by atoms with van der Waals surface area (Å²) in [6, 6.07) is 12.7. The molecule has 0 fully saturated rings. The average Bonchev–Trinajstić information content (AvgIpc) is 3.04. The molecule has 0 atom stereocenters. The lowest BCUT2D eigenvalue weighted by molar-refractivity contribution is 0.330. The van der Waals surface area contributed by atoms with Crippen molar-refractivity contribution in [3.05, 3.63) is 42.5 Å². The molecule has 23 heavy (non-hydrogen) atoms. The Labute approximate surface area is 132 Å². The van der Waals surface area contributed by atoms with Crippen molar-refractivity contribution in [1.82, 2.24) is 10.2 Å². The zero-order valence-corrected chi connectivity index (χ0v) is 12.7. The van der Waals surface area contributed by atoms with E-state index < -0.39 is 0 Å². The third kappa shape index (κ3) is 2.55. The van der Waals surface area contributed by atoms with Gasteiger partial charge in [-0.25, -0.2) is 0 Å². The summed E-state index contributed by atoms with van der Waals surface area (Å²) in [5.74, 6) is 0.0428. The molecule has 0 bridgehead atoms. The molecule has 3 rings (SSSR count). The predicted octanol–water partition coefficient (Wildman–Crippen LogP) is 3.17. The Morgan fingerprint density at radius 2 is 1.74 bits per heavy atom. The van der Waals surface area contributed by atoms with Crippen LogP contribution in [0.4, 0.5) is 0 Å². The molecule has 6 nitrogen and oxygen atoms in total. The number of ether oxygens (including phenoxy) is 2. The van der Waals surface area contributed by atoms with Crippen molar-refractivity contribution < 1.29 is 19.7 Å². The third-order valence-corrected chi connectivity index (χ3v) is 3.54. The van der Waals surface area contributed by atoms with E-state index in [1.54, 1.807) is 6.07 Å². The van der Waals surface area contributed by atoms with E-state index in [1.807, 2.05) is 30.3 Å². The van der Waals surface area contributed by atoms with E-state index in [4.69, 9.17) is 9.47 Å². The molecule has 118 valence electrons. The van der Waals surface area contributed by atoms with Crippen molar-refractivity contribution in [2.24, 2.45) is 0 Å². The molecule has 1 heterocycles. The van der Waals surface area contributed by atoms with E-state index in [0.717, 1.165) is 5.56 Å². The lowest BCUT2D eigenvalue weighted by Gasteiger charge is -2.13. The number of nitrogens with zero attached hydrogens (tertiary/aromatic N) is 1. The molecule has 0 aliphatic heterocycles. The molecule has 3 aromatic rings. The van der Waals surface area contributed by atoms with E-state index in [-0.39, 0.29) is 28.6 Å². The second-order valence-electron chi connectivity index (χ2n) is 4.89. The highest BCUT2D eigenvalue weighted by atomic mass is 16.5. The van der Waals surface area contributed by atoms with Gasteiger partial charge in [0.25, 0.3) is 0 Å². The van der Waals surface area contributed by atoms with Crippen LogP contribution in [0.25, 0.3) is 22.5 Å². The summed E-state index contributed by atoms with van der Waals surface area (Å²) in [6.07, 6.45) is 0. The summed E-state index contributed by atoms with van der Waals surface area (Å²) >= 11 is 0. The van der Waals surface area contributed by atoms with E-state index in [1.165, 1.54) is 20.3 Å². The lowest BCUT2D eigenvalue weighted by atomic mass is 10.1. The maximum absolute atomic E-state index is 10.4. The first-order chi connectivity index (χ1) is 11.2. The molecule has 3 N–H and O–H groups in total. The number of hydrogen-bond donors (Lipinski definition) is 3. The second kappa shape index (κ2) is 5.92. The maximum atomic E-state index is 10.4. The van der Waals surface area contributed by atoms with Crippen LogP contribution in [-0.4, -0.2) is 34.6 Å². The number of benzene rings is 2. The summed E-state index contributed by atoms with van der Waals surface area (Å²) < 4.78 is 10.2. The van der Waals surface area contributed by atoms with Gasteiger partial charge in [0.2, 0.25) is 5.75 Å². The average molecular weight is 312 g/mol. The fraction of sp³-hybridized carbons (Fsp3) is 0.118. The first kappa shape index (κ1) is 14.8. The van der Waals surface area contributed by atoms with Crippen molar-refractivity contribution in [1.29, 1.82) is 0 Å². The summed E-state index contributed by atoms with van der Waals surface area (Å²) in [6.45, 7) is 0. The van der Waals surface area contributed by atoms with Crippen molar-refractivity contribution in [3.63, 3.8) is 0 Å². The molecule has 0 aliphatic carbocycles. The van der Waals surface area contributed by atoms with Gasteiger partial charge < -0.3 is 19.7 Å². The summed E-state index contributed by atoms with van der Waals surface area (Å²) in [5.41, 5.74) is 2.31. The number of H-pyrrole nitrogens is 1. The van der Waals surface area contributed by atoms with Gasteiger partial charge in [-0.1, -0.05) is 30.3 Å². The van der Waals surface area contributed by atoms with Crippen LogP contribution in [0.2, 0.25) is 0 Å². The zero-order chi connectivity index (χ0) is 16.4. The predicted molar refractivity (Wildman–Crippen MR) is 85.9 cm³/mol. The second-order valence-corrected chi connectivity index (χ2v) is 4.89. The largest absolute Gasteiger partial charge is 0.507 e. The van der Waals surface area contributed by atoms with Gasteiger partial charge in [-0.3, -0.25) is 5.10 Å². The minimum Gasteiger partial charge on any atom is -0.507 e. The topological polar surface area (TPSA) is 87.6 Å². The van der Waals surface area contributed by atoms with Crippen molar-refractivity contribution in [3.8, 4) is 45.5 Å². The van der Waals surface area contributed by atoms with Gasteiger partial charge >= 0.3 is 0 Å². The molecule has 2 aromatic carbocycles. The molecule has 6 heteroatoms. The Bertz CT molecular complexity index is 828. The van der Waals surface area contributed by atoms with Crippen molar-refractivity contribution >= 4 is 0 Å². The number of phenols is 2. The van der Waals surface area contributed by atoms with Crippen LogP contribution in [0, 0.1) is 0 Å². The van der Waals surface area contributed by atoms with Gasteiger partial charge in [0.05, 0.1) is 31.2 Å². The normalized spacial score (nSPS) is 10.5. The Balaban J connectivity index is 2.11. The Kier molecular flexibility index (Phi) is 3.80. The lowest BCUT2D eigenvalue weighted by Crippen LogP contribution is -1.93. The standard InChI is InChI=1S/C17H16N2O4/c1-22-14-9-13(20)15(16(21)17(14)23-2)12-8-11(18-19-12)10-6-4-3-5-7-10/h3-9,20-21H,1-2H3,(H,18,19). The monoisotopic (exact) mass is 312 g/mol. The van der Waals surface area contributed by atoms with Crippen LogP contribution in [-0.2, 0) is 0 Å². The number of aromatic nitrogens is 2. The minimum absolute atomic E-state index is 0.136. The van der Waals surface area contributed by atoms with Crippen LogP contribution in [0.15, 0.2) is 42.5 Å². The van der Waals surface area contributed by atoms with Gasteiger partial charge in [0, 0.05) is 11.6 Å². The molecule has 0 amide bonds. The third-order valence-electron chi connectivity index (χ3n) is 3.54. The van der Waals surface area contributed by atoms with Crippen LogP contribution < -0.4 is 9.47 Å². The first-order valence-electron chi connectivity index (χ1n) is 6.93. The molecule has 1 aromatic heterocycles. The first-order valence-corrected chi connectivity index (χ1v) is 6.93. The Morgan fingerprint density at radius 3 is 2.39 bits per heavy atom. The summed E-state index contributed by atoms with van der Waals surface area (Å²) in [7, 11) is 2.85. The maximum Gasteiger partial charge on any atom is 0.204 e. The van der Waals surface area contributed by atoms with Crippen LogP contribution in [0.5, 0.6) is 23.0 Å². The van der Waals surface area contributed by atoms with Crippen LogP contribution >= 0.6 is 0 Å². The van der Waals surface area contributed by atoms with E-state index >= 15 is 0 Å². The fourth-order valence-corrected chi connectivity index (χ4v) is 2.43. The van der Waals surface area contributed by atoms with Crippen molar-refractivity contribution in [2.45, 2.75) is 0 Å². The Morgan fingerprint density at radius 1 is 1.00 bits per heavy atom. The molecule has 0 spiro atoms. The van der Waals surface area contributed by atoms with E-state index in [2.05, 4.69) is 10.2 Å². The van der Waals surface area contributed by atoms with Crippen molar-refractivity contribution in [2.75, 3.05) is 14.2 Å². The summed E-state index contributed by atoms with van der Waals surface area (Å²) in [4.78, 5) is 0. The van der Waals surface area contributed by atoms with E-state index in [9.17, 15) is 10.2 Å². The van der Waals surface area contributed by atoms with E-state index in [0.29, 0.717) is 11.4 Å². The van der Waals surface area contributed by atoms with Gasteiger partial charge in [0.1, 0.15) is 5.75 Å². The molecule has 0 unspecified atom stereocenters. The molecular formula is C17H16N2O4. The fourth-order valence-electron chi connectivity index (χ4n) is 2.43. The van der Waals surface area contributed by atoms with Crippen LogP contribution in [0.3, 0.4) is 0 Å². The van der Waals surface area contributed by atoms with Gasteiger partial charge in [-0.2, -0.15) is 5.10 Å². The van der Waals surface area contributed by atoms with Gasteiger partial charge in [0.15, 0.2) is 11.5 Å². The van der Waals surface area contributed by atoms with Crippen LogP contribution in [0.1, 0.15) is 0 Å². The van der Waals surface area contributed by atoms with Gasteiger partial charge in [-0.05, 0) is 6.07 Å². The molecule has 0 saturated carbocycles. The number of nitrogens with one attached hydrogen (secondary N) is 1. The number of hydrogen-bond acceptors (Lipinski definition) is 5. The Hall–Kier alpha value is -3.15. The SMILES string of the molecule is COc1cc(O)c(-c2cc(-c3ccccc3)n[nH]2)c(O)c1OC. The molecule has 0 radical (unpaired) electrons. The highest BCUT2D eigenvalue weighted by Gasteiger charge is 2.22. The van der Waals surface area contributed by atoms with Gasteiger partial charge in [-0.15, -0.1) is 0 Å². The minimum atomic E-state index is -0.215. The number of phenolic OH excluding ortho intramolecular Hbond substituents is 2. The quantitative estimate of drug-likeness (QED) is 0.688. The summed E-state index contributed by atoms with van der Waals surface area (Å²) in [5, 5.41) is 27.7. The smallest absolute Gasteiger partial charge is 0.204 e. The number of aromatic hydroxyl groups is 2. The molecule has 0 saturated heterocycles. The zero-order valence-electron chi connectivity index (χ0n) is 12.7. The molecular weight excluding hydrogens is 296 g/mol. The number of methoxy groups -OCH3 is 2. The number of aromatic amines is 1. The molecule has 0 aliphatic rings. The highest BCUT2D eigenvalue weighted by molar-refractivity contribution is 5.81. The highest BCUT2D eigenvalue weighted by Crippen LogP contribution is 2.48.